The molecule has 0 aliphatic heterocycles. The summed E-state index contributed by atoms with van der Waals surface area (Å²) in [6, 6.07) is 9.95. The second kappa shape index (κ2) is 6.11. The van der Waals surface area contributed by atoms with Gasteiger partial charge in [0.05, 0.1) is 10.6 Å². The molecule has 0 radical (unpaired) electrons. The molecule has 0 aliphatic rings. The van der Waals surface area contributed by atoms with Gasteiger partial charge in [-0.3, -0.25) is 4.72 Å². The number of halogens is 3. The normalized spacial score (nSPS) is 11.3. The maximum Gasteiger partial charge on any atom is 0.261 e. The van der Waals surface area contributed by atoms with Crippen molar-refractivity contribution in [2.75, 3.05) is 4.72 Å². The number of sulfonamides is 1. The van der Waals surface area contributed by atoms with E-state index in [0.717, 1.165) is 11.6 Å². The summed E-state index contributed by atoms with van der Waals surface area (Å²) in [7, 11) is -3.84. The van der Waals surface area contributed by atoms with Crippen LogP contribution in [0.5, 0.6) is 0 Å². The predicted molar refractivity (Wildman–Crippen MR) is 81.3 cm³/mol. The molecule has 2 aromatic rings. The molecule has 0 atom stereocenters. The number of hydrogen-bond acceptors (Lipinski definition) is 2. The first-order chi connectivity index (χ1) is 9.42. The zero-order valence-corrected chi connectivity index (χ0v) is 13.3. The van der Waals surface area contributed by atoms with Crippen LogP contribution < -0.4 is 4.72 Å². The van der Waals surface area contributed by atoms with Crippen molar-refractivity contribution in [1.29, 1.82) is 0 Å². The molecule has 0 fully saturated rings. The Hall–Kier alpha value is -1.11. The molecule has 0 bridgehead atoms. The zero-order valence-electron chi connectivity index (χ0n) is 10.1. The van der Waals surface area contributed by atoms with Gasteiger partial charge in [-0.2, -0.15) is 0 Å². The highest BCUT2D eigenvalue weighted by molar-refractivity contribution is 9.08. The lowest BCUT2D eigenvalue weighted by atomic mass is 10.2. The molecule has 106 valence electrons. The molecule has 0 unspecified atom stereocenters. The summed E-state index contributed by atoms with van der Waals surface area (Å²) in [5.74, 6) is -0.685. The van der Waals surface area contributed by atoms with Crippen molar-refractivity contribution in [2.24, 2.45) is 0 Å². The fourth-order valence-electron chi connectivity index (χ4n) is 1.54. The standard InChI is InChI=1S/C13H10BrClFNO2S/c14-8-9-1-4-11(5-2-9)20(18,19)17-13-7-10(15)3-6-12(13)16/h1-7,17H,8H2. The second-order valence-electron chi connectivity index (χ2n) is 4.01. The molecule has 0 amide bonds. The third kappa shape index (κ3) is 3.50. The van der Waals surface area contributed by atoms with Gasteiger partial charge in [0.2, 0.25) is 0 Å². The lowest BCUT2D eigenvalue weighted by Gasteiger charge is -2.09. The Bertz CT molecular complexity index is 720. The van der Waals surface area contributed by atoms with Gasteiger partial charge in [-0.1, -0.05) is 39.7 Å². The lowest BCUT2D eigenvalue weighted by molar-refractivity contribution is 0.598. The number of nitrogens with one attached hydrogen (secondary N) is 1. The number of hydrogen-bond donors (Lipinski definition) is 1. The number of alkyl halides is 1. The van der Waals surface area contributed by atoms with Crippen LogP contribution in [-0.4, -0.2) is 8.42 Å². The largest absolute Gasteiger partial charge is 0.277 e. The van der Waals surface area contributed by atoms with Crippen LogP contribution >= 0.6 is 27.5 Å². The van der Waals surface area contributed by atoms with Crippen LogP contribution in [0.1, 0.15) is 5.56 Å². The number of anilines is 1. The Morgan fingerprint density at radius 1 is 1.15 bits per heavy atom. The van der Waals surface area contributed by atoms with Crippen molar-refractivity contribution in [2.45, 2.75) is 10.2 Å². The van der Waals surface area contributed by atoms with Crippen LogP contribution in [0.25, 0.3) is 0 Å². The highest BCUT2D eigenvalue weighted by Gasteiger charge is 2.16. The van der Waals surface area contributed by atoms with Gasteiger partial charge in [-0.05, 0) is 35.9 Å². The van der Waals surface area contributed by atoms with E-state index in [-0.39, 0.29) is 15.6 Å². The molecule has 20 heavy (non-hydrogen) atoms. The summed E-state index contributed by atoms with van der Waals surface area (Å²) >= 11 is 9.00. The van der Waals surface area contributed by atoms with E-state index in [2.05, 4.69) is 20.7 Å². The van der Waals surface area contributed by atoms with Gasteiger partial charge in [-0.15, -0.1) is 0 Å². The van der Waals surface area contributed by atoms with Crippen molar-refractivity contribution >= 4 is 43.2 Å². The van der Waals surface area contributed by atoms with Crippen molar-refractivity contribution in [3.8, 4) is 0 Å². The quantitative estimate of drug-likeness (QED) is 0.812. The lowest BCUT2D eigenvalue weighted by Crippen LogP contribution is -2.14. The molecule has 2 rings (SSSR count). The maximum atomic E-state index is 13.5. The first-order valence-corrected chi connectivity index (χ1v) is 8.53. The van der Waals surface area contributed by atoms with Crippen molar-refractivity contribution in [3.05, 3.63) is 58.9 Å². The van der Waals surface area contributed by atoms with E-state index in [1.807, 2.05) is 0 Å². The smallest absolute Gasteiger partial charge is 0.261 e. The molecule has 1 N–H and O–H groups in total. The first kappa shape index (κ1) is 15.3. The van der Waals surface area contributed by atoms with E-state index in [0.29, 0.717) is 5.33 Å². The predicted octanol–water partition coefficient (Wildman–Crippen LogP) is 4.17. The summed E-state index contributed by atoms with van der Waals surface area (Å²) in [6.07, 6.45) is 0. The molecule has 2 aromatic carbocycles. The molecular formula is C13H10BrClFNO2S. The van der Waals surface area contributed by atoms with Crippen LogP contribution in [0.4, 0.5) is 10.1 Å². The van der Waals surface area contributed by atoms with E-state index >= 15 is 0 Å². The number of rotatable bonds is 4. The van der Waals surface area contributed by atoms with Gasteiger partial charge in [0.25, 0.3) is 10.0 Å². The second-order valence-corrected chi connectivity index (χ2v) is 6.69. The third-order valence-corrected chi connectivity index (χ3v) is 4.82. The van der Waals surface area contributed by atoms with Crippen molar-refractivity contribution in [1.82, 2.24) is 0 Å². The highest BCUT2D eigenvalue weighted by atomic mass is 79.9. The van der Waals surface area contributed by atoms with Crippen LogP contribution in [0.2, 0.25) is 5.02 Å². The molecule has 0 saturated carbocycles. The highest BCUT2D eigenvalue weighted by Crippen LogP contribution is 2.23. The Morgan fingerprint density at radius 2 is 1.80 bits per heavy atom. The van der Waals surface area contributed by atoms with E-state index in [9.17, 15) is 12.8 Å². The summed E-state index contributed by atoms with van der Waals surface area (Å²) in [5.41, 5.74) is 0.764. The van der Waals surface area contributed by atoms with Gasteiger partial charge in [0.1, 0.15) is 5.82 Å². The Kier molecular flexibility index (Phi) is 4.67. The van der Waals surface area contributed by atoms with E-state index in [1.54, 1.807) is 12.1 Å². The average Bonchev–Trinajstić information content (AvgIpc) is 2.43. The molecule has 0 saturated heterocycles. The Morgan fingerprint density at radius 3 is 2.40 bits per heavy atom. The van der Waals surface area contributed by atoms with Crippen LogP contribution in [0, 0.1) is 5.82 Å². The fourth-order valence-corrected chi connectivity index (χ4v) is 3.14. The fraction of sp³-hybridized carbons (Fsp3) is 0.0769. The topological polar surface area (TPSA) is 46.2 Å². The van der Waals surface area contributed by atoms with Crippen LogP contribution in [0.15, 0.2) is 47.4 Å². The van der Waals surface area contributed by atoms with Gasteiger partial charge >= 0.3 is 0 Å². The monoisotopic (exact) mass is 377 g/mol. The summed E-state index contributed by atoms with van der Waals surface area (Å²) in [5, 5.41) is 0.877. The molecule has 7 heteroatoms. The van der Waals surface area contributed by atoms with E-state index < -0.39 is 15.8 Å². The molecular weight excluding hydrogens is 369 g/mol. The number of benzene rings is 2. The Balaban J connectivity index is 2.32. The molecule has 0 spiro atoms. The van der Waals surface area contributed by atoms with Gasteiger partial charge in [0, 0.05) is 10.4 Å². The van der Waals surface area contributed by atoms with Gasteiger partial charge in [-0.25, -0.2) is 12.8 Å². The summed E-state index contributed by atoms with van der Waals surface area (Å²) in [4.78, 5) is 0.0570. The average molecular weight is 379 g/mol. The molecule has 0 aliphatic carbocycles. The van der Waals surface area contributed by atoms with E-state index in [1.165, 1.54) is 24.3 Å². The minimum atomic E-state index is -3.84. The third-order valence-electron chi connectivity index (χ3n) is 2.56. The van der Waals surface area contributed by atoms with Crippen LogP contribution in [-0.2, 0) is 15.4 Å². The first-order valence-electron chi connectivity index (χ1n) is 5.55. The van der Waals surface area contributed by atoms with Crippen LogP contribution in [0.3, 0.4) is 0 Å². The molecule has 0 heterocycles. The SMILES string of the molecule is O=S(=O)(Nc1cc(Cl)ccc1F)c1ccc(CBr)cc1. The minimum absolute atomic E-state index is 0.0570. The zero-order chi connectivity index (χ0) is 14.8. The van der Waals surface area contributed by atoms with Crippen molar-refractivity contribution in [3.63, 3.8) is 0 Å². The molecule has 0 aromatic heterocycles. The minimum Gasteiger partial charge on any atom is -0.277 e. The summed E-state index contributed by atoms with van der Waals surface area (Å²) in [6.45, 7) is 0. The van der Waals surface area contributed by atoms with Gasteiger partial charge in [0.15, 0.2) is 0 Å². The Labute approximate surface area is 130 Å². The van der Waals surface area contributed by atoms with Crippen molar-refractivity contribution < 1.29 is 12.8 Å². The maximum absolute atomic E-state index is 13.5. The van der Waals surface area contributed by atoms with Gasteiger partial charge < -0.3 is 0 Å². The summed E-state index contributed by atoms with van der Waals surface area (Å²) < 4.78 is 40.0. The van der Waals surface area contributed by atoms with E-state index in [4.69, 9.17) is 11.6 Å². The molecule has 3 nitrogen and oxygen atoms in total.